The van der Waals surface area contributed by atoms with E-state index >= 15 is 0 Å². The summed E-state index contributed by atoms with van der Waals surface area (Å²) in [6.07, 6.45) is 0. The van der Waals surface area contributed by atoms with Crippen LogP contribution in [0.4, 0.5) is 0 Å². The molecule has 3 aromatic rings. The lowest BCUT2D eigenvalue weighted by atomic mass is 10.1. The van der Waals surface area contributed by atoms with Gasteiger partial charge in [0.1, 0.15) is 11.4 Å². The minimum atomic E-state index is -0.267. The van der Waals surface area contributed by atoms with Crippen molar-refractivity contribution in [2.24, 2.45) is 0 Å². The van der Waals surface area contributed by atoms with Crippen molar-refractivity contribution in [3.63, 3.8) is 0 Å². The Bertz CT molecular complexity index is 1110. The first-order valence-corrected chi connectivity index (χ1v) is 11.1. The fourth-order valence-electron chi connectivity index (χ4n) is 3.80. The number of nitrogens with zero attached hydrogens (tertiary/aromatic N) is 2. The molecular weight excluding hydrogens is 408 g/mol. The first kappa shape index (κ1) is 20.9. The number of amides is 2. The van der Waals surface area contributed by atoms with Gasteiger partial charge in [-0.25, -0.2) is 0 Å². The van der Waals surface area contributed by atoms with Crippen LogP contribution in [0.5, 0.6) is 5.75 Å². The molecular formula is C25H24N2O3S. The molecule has 0 aliphatic carbocycles. The Morgan fingerprint density at radius 1 is 0.935 bits per heavy atom. The molecule has 5 nitrogen and oxygen atoms in total. The zero-order valence-electron chi connectivity index (χ0n) is 17.6. The van der Waals surface area contributed by atoms with Crippen molar-refractivity contribution in [2.75, 3.05) is 13.7 Å². The number of rotatable bonds is 8. The molecule has 2 heterocycles. The summed E-state index contributed by atoms with van der Waals surface area (Å²) < 4.78 is 5.43. The number of likely N-dealkylation sites (N-methyl/N-ethyl adjacent to an activating group) is 1. The number of carbonyl (C=O) groups excluding carboxylic acids is 2. The molecule has 0 unspecified atom stereocenters. The zero-order valence-corrected chi connectivity index (χ0v) is 18.4. The lowest BCUT2D eigenvalue weighted by Gasteiger charge is -2.25. The van der Waals surface area contributed by atoms with E-state index < -0.39 is 0 Å². The topological polar surface area (TPSA) is 49.9 Å². The number of hydrogen-bond donors (Lipinski definition) is 0. The molecule has 0 fully saturated rings. The summed E-state index contributed by atoms with van der Waals surface area (Å²) >= 11 is 1.47. The van der Waals surface area contributed by atoms with Crippen molar-refractivity contribution in [3.05, 3.63) is 93.8 Å². The smallest absolute Gasteiger partial charge is 0.278 e. The van der Waals surface area contributed by atoms with Crippen molar-refractivity contribution in [1.29, 1.82) is 0 Å². The third kappa shape index (κ3) is 4.11. The van der Waals surface area contributed by atoms with Gasteiger partial charge in [0.25, 0.3) is 11.8 Å². The van der Waals surface area contributed by atoms with Crippen molar-refractivity contribution < 1.29 is 14.3 Å². The number of ether oxygens (including phenoxy) is 1. The first-order valence-electron chi connectivity index (χ1n) is 10.2. The summed E-state index contributed by atoms with van der Waals surface area (Å²) in [6.45, 7) is 3.34. The number of methoxy groups -OCH3 is 1. The van der Waals surface area contributed by atoms with Gasteiger partial charge in [-0.15, -0.1) is 11.3 Å². The molecule has 0 saturated carbocycles. The minimum absolute atomic E-state index is 0.170. The van der Waals surface area contributed by atoms with Gasteiger partial charge in [0.2, 0.25) is 0 Å². The highest BCUT2D eigenvalue weighted by Crippen LogP contribution is 2.36. The van der Waals surface area contributed by atoms with Gasteiger partial charge in [-0.3, -0.25) is 14.5 Å². The molecule has 0 atom stereocenters. The quantitative estimate of drug-likeness (QED) is 0.490. The Balaban J connectivity index is 1.73. The Labute approximate surface area is 186 Å². The van der Waals surface area contributed by atoms with Crippen molar-refractivity contribution >= 4 is 28.7 Å². The second-order valence-electron chi connectivity index (χ2n) is 7.21. The highest BCUT2D eigenvalue weighted by Gasteiger charge is 2.41. The standard InChI is InChI=1S/C25H24N2O3S/c1-3-26(16-18-10-5-4-6-11-18)23-22(21-14-9-15-31-21)24(28)27(25(23)29)17-19-12-7-8-13-20(19)30-2/h4-15H,3,16-17H2,1-2H3. The maximum Gasteiger partial charge on any atom is 0.278 e. The molecule has 2 amide bonds. The SMILES string of the molecule is CCN(Cc1ccccc1)C1=C(c2cccs2)C(=O)N(Cc2ccccc2OC)C1=O. The van der Waals surface area contributed by atoms with E-state index in [-0.39, 0.29) is 18.4 Å². The maximum absolute atomic E-state index is 13.6. The van der Waals surface area contributed by atoms with E-state index in [1.54, 1.807) is 7.11 Å². The second kappa shape index (κ2) is 9.18. The van der Waals surface area contributed by atoms with E-state index in [1.165, 1.54) is 16.2 Å². The summed E-state index contributed by atoms with van der Waals surface area (Å²) in [4.78, 5) is 31.2. The largest absolute Gasteiger partial charge is 0.496 e. The molecule has 1 aliphatic rings. The van der Waals surface area contributed by atoms with Gasteiger partial charge in [0.05, 0.1) is 19.2 Å². The lowest BCUT2D eigenvalue weighted by molar-refractivity contribution is -0.138. The van der Waals surface area contributed by atoms with Crippen molar-refractivity contribution in [1.82, 2.24) is 9.80 Å². The van der Waals surface area contributed by atoms with E-state index in [2.05, 4.69) is 0 Å². The lowest BCUT2D eigenvalue weighted by Crippen LogP contribution is -2.34. The highest BCUT2D eigenvalue weighted by molar-refractivity contribution is 7.11. The molecule has 2 aromatic carbocycles. The molecule has 0 N–H and O–H groups in total. The van der Waals surface area contributed by atoms with E-state index in [0.717, 1.165) is 16.0 Å². The van der Waals surface area contributed by atoms with Gasteiger partial charge >= 0.3 is 0 Å². The molecule has 31 heavy (non-hydrogen) atoms. The average molecular weight is 433 g/mol. The summed E-state index contributed by atoms with van der Waals surface area (Å²) in [7, 11) is 1.59. The molecule has 0 saturated heterocycles. The summed E-state index contributed by atoms with van der Waals surface area (Å²) in [6, 6.07) is 21.2. The van der Waals surface area contributed by atoms with Crippen LogP contribution in [0.1, 0.15) is 22.9 Å². The van der Waals surface area contributed by atoms with Gasteiger partial charge in [-0.1, -0.05) is 54.6 Å². The van der Waals surface area contributed by atoms with Crippen LogP contribution in [0.3, 0.4) is 0 Å². The summed E-state index contributed by atoms with van der Waals surface area (Å²) in [5.41, 5.74) is 2.83. The molecule has 0 radical (unpaired) electrons. The van der Waals surface area contributed by atoms with Crippen LogP contribution in [0.15, 0.2) is 77.8 Å². The van der Waals surface area contributed by atoms with Crippen LogP contribution in [0.25, 0.3) is 5.57 Å². The number of benzene rings is 2. The van der Waals surface area contributed by atoms with Crippen LogP contribution in [0, 0.1) is 0 Å². The molecule has 158 valence electrons. The Morgan fingerprint density at radius 3 is 2.35 bits per heavy atom. The second-order valence-corrected chi connectivity index (χ2v) is 8.16. The molecule has 6 heteroatoms. The van der Waals surface area contributed by atoms with Crippen molar-refractivity contribution in [2.45, 2.75) is 20.0 Å². The van der Waals surface area contributed by atoms with E-state index in [4.69, 9.17) is 4.74 Å². The van der Waals surface area contributed by atoms with Gasteiger partial charge in [-0.05, 0) is 30.0 Å². The van der Waals surface area contributed by atoms with Gasteiger partial charge in [-0.2, -0.15) is 0 Å². The number of carbonyl (C=O) groups is 2. The Morgan fingerprint density at radius 2 is 1.68 bits per heavy atom. The van der Waals surface area contributed by atoms with Gasteiger partial charge in [0, 0.05) is 23.5 Å². The molecule has 1 aromatic heterocycles. The zero-order chi connectivity index (χ0) is 21.8. The van der Waals surface area contributed by atoms with Crippen LogP contribution in [-0.2, 0) is 22.7 Å². The highest BCUT2D eigenvalue weighted by atomic mass is 32.1. The number of thiophene rings is 1. The molecule has 1 aliphatic heterocycles. The summed E-state index contributed by atoms with van der Waals surface area (Å²) in [5.74, 6) is 0.128. The third-order valence-electron chi connectivity index (χ3n) is 5.35. The number of hydrogen-bond acceptors (Lipinski definition) is 5. The fraction of sp³-hybridized carbons (Fsp3) is 0.200. The predicted molar refractivity (Wildman–Crippen MR) is 122 cm³/mol. The molecule has 0 bridgehead atoms. The van der Waals surface area contributed by atoms with Crippen LogP contribution < -0.4 is 4.74 Å². The maximum atomic E-state index is 13.6. The first-order chi connectivity index (χ1) is 15.1. The van der Waals surface area contributed by atoms with Crippen molar-refractivity contribution in [3.8, 4) is 5.75 Å². The third-order valence-corrected chi connectivity index (χ3v) is 6.23. The average Bonchev–Trinajstić information content (AvgIpc) is 3.41. The molecule has 4 rings (SSSR count). The van der Waals surface area contributed by atoms with Crippen LogP contribution in [0.2, 0.25) is 0 Å². The number of para-hydroxylation sites is 1. The van der Waals surface area contributed by atoms with Gasteiger partial charge in [0.15, 0.2) is 0 Å². The molecule has 0 spiro atoms. The Hall–Kier alpha value is -3.38. The predicted octanol–water partition coefficient (Wildman–Crippen LogP) is 4.56. The van der Waals surface area contributed by atoms with E-state index in [1.807, 2.05) is 83.9 Å². The van der Waals surface area contributed by atoms with Gasteiger partial charge < -0.3 is 9.64 Å². The number of imide groups is 1. The van der Waals surface area contributed by atoms with Crippen LogP contribution >= 0.6 is 11.3 Å². The monoisotopic (exact) mass is 432 g/mol. The minimum Gasteiger partial charge on any atom is -0.496 e. The fourth-order valence-corrected chi connectivity index (χ4v) is 4.56. The van der Waals surface area contributed by atoms with Crippen LogP contribution in [-0.4, -0.2) is 35.3 Å². The normalized spacial score (nSPS) is 13.8. The van der Waals surface area contributed by atoms with E-state index in [9.17, 15) is 9.59 Å². The van der Waals surface area contributed by atoms with E-state index in [0.29, 0.717) is 30.1 Å². The Kier molecular flexibility index (Phi) is 6.18. The summed E-state index contributed by atoms with van der Waals surface area (Å²) in [5, 5.41) is 1.92.